The standard InChI is InChI=1S/C14H22N2O4S/c1-20-13-4-6-14(7-5-13)21(18,19)16(9-10-17)11-12-3-2-8-15-12/h4-7,12,15,17H,2-3,8-11H2,1H3. The number of benzene rings is 1. The molecule has 1 aromatic rings. The number of hydrogen-bond acceptors (Lipinski definition) is 5. The summed E-state index contributed by atoms with van der Waals surface area (Å²) in [5, 5.41) is 12.4. The molecule has 0 bridgehead atoms. The molecule has 1 aromatic carbocycles. The number of sulfonamides is 1. The largest absolute Gasteiger partial charge is 0.497 e. The molecule has 0 saturated carbocycles. The van der Waals surface area contributed by atoms with Crippen molar-refractivity contribution in [2.24, 2.45) is 0 Å². The Morgan fingerprint density at radius 3 is 2.62 bits per heavy atom. The molecule has 1 aliphatic heterocycles. The molecule has 2 N–H and O–H groups in total. The predicted molar refractivity (Wildman–Crippen MR) is 79.9 cm³/mol. The fourth-order valence-corrected chi connectivity index (χ4v) is 3.95. The summed E-state index contributed by atoms with van der Waals surface area (Å²) in [5.74, 6) is 0.611. The van der Waals surface area contributed by atoms with E-state index in [1.807, 2.05) is 0 Å². The molecule has 0 spiro atoms. The van der Waals surface area contributed by atoms with Crippen molar-refractivity contribution in [2.75, 3.05) is 33.4 Å². The van der Waals surface area contributed by atoms with Crippen molar-refractivity contribution in [3.8, 4) is 5.75 Å². The van der Waals surface area contributed by atoms with E-state index in [9.17, 15) is 8.42 Å². The first kappa shape index (κ1) is 16.2. The van der Waals surface area contributed by atoms with Crippen molar-refractivity contribution in [3.63, 3.8) is 0 Å². The lowest BCUT2D eigenvalue weighted by Crippen LogP contribution is -2.42. The normalized spacial score (nSPS) is 19.1. The molecule has 2 rings (SSSR count). The van der Waals surface area contributed by atoms with Crippen molar-refractivity contribution in [1.29, 1.82) is 0 Å². The van der Waals surface area contributed by atoms with Crippen LogP contribution in [-0.2, 0) is 10.0 Å². The minimum absolute atomic E-state index is 0.104. The lowest BCUT2D eigenvalue weighted by atomic mass is 10.2. The van der Waals surface area contributed by atoms with Gasteiger partial charge in [0.05, 0.1) is 18.6 Å². The van der Waals surface area contributed by atoms with E-state index in [0.29, 0.717) is 12.3 Å². The number of hydrogen-bond donors (Lipinski definition) is 2. The molecule has 6 nitrogen and oxygen atoms in total. The highest BCUT2D eigenvalue weighted by Crippen LogP contribution is 2.20. The van der Waals surface area contributed by atoms with Crippen LogP contribution < -0.4 is 10.1 Å². The number of methoxy groups -OCH3 is 1. The van der Waals surface area contributed by atoms with E-state index in [2.05, 4.69) is 5.32 Å². The highest BCUT2D eigenvalue weighted by Gasteiger charge is 2.27. The molecule has 1 fully saturated rings. The summed E-state index contributed by atoms with van der Waals surface area (Å²) in [4.78, 5) is 0.217. The molecule has 1 heterocycles. The van der Waals surface area contributed by atoms with Gasteiger partial charge in [-0.1, -0.05) is 0 Å². The first-order valence-electron chi connectivity index (χ1n) is 7.06. The molecular formula is C14H22N2O4S. The van der Waals surface area contributed by atoms with Gasteiger partial charge in [-0.2, -0.15) is 4.31 Å². The van der Waals surface area contributed by atoms with E-state index in [0.717, 1.165) is 19.4 Å². The minimum atomic E-state index is -3.60. The van der Waals surface area contributed by atoms with Gasteiger partial charge in [0.25, 0.3) is 0 Å². The van der Waals surface area contributed by atoms with Gasteiger partial charge in [0, 0.05) is 19.1 Å². The van der Waals surface area contributed by atoms with Gasteiger partial charge in [-0.25, -0.2) is 8.42 Å². The maximum atomic E-state index is 12.7. The average molecular weight is 314 g/mol. The Hall–Kier alpha value is -1.15. The van der Waals surface area contributed by atoms with E-state index in [4.69, 9.17) is 9.84 Å². The number of nitrogens with zero attached hydrogens (tertiary/aromatic N) is 1. The number of rotatable bonds is 7. The summed E-state index contributed by atoms with van der Waals surface area (Å²) < 4.78 is 31.7. The highest BCUT2D eigenvalue weighted by atomic mass is 32.2. The van der Waals surface area contributed by atoms with Gasteiger partial charge in [0.2, 0.25) is 10.0 Å². The molecule has 0 aliphatic carbocycles. The zero-order chi connectivity index (χ0) is 15.3. The maximum absolute atomic E-state index is 12.7. The summed E-state index contributed by atoms with van der Waals surface area (Å²) in [6.07, 6.45) is 2.01. The summed E-state index contributed by atoms with van der Waals surface area (Å²) >= 11 is 0. The van der Waals surface area contributed by atoms with Gasteiger partial charge in [-0.05, 0) is 43.7 Å². The second-order valence-corrected chi connectivity index (χ2v) is 6.99. The Kier molecular flexibility index (Phi) is 5.58. The van der Waals surface area contributed by atoms with E-state index in [1.165, 1.54) is 23.5 Å². The molecule has 0 amide bonds. The summed E-state index contributed by atoms with van der Waals surface area (Å²) in [6.45, 7) is 1.21. The van der Waals surface area contributed by atoms with Crippen molar-refractivity contribution in [3.05, 3.63) is 24.3 Å². The third-order valence-electron chi connectivity index (χ3n) is 3.63. The zero-order valence-corrected chi connectivity index (χ0v) is 13.0. The van der Waals surface area contributed by atoms with Gasteiger partial charge < -0.3 is 15.2 Å². The van der Waals surface area contributed by atoms with Crippen LogP contribution in [0, 0.1) is 0 Å². The lowest BCUT2D eigenvalue weighted by Gasteiger charge is -2.24. The topological polar surface area (TPSA) is 78.9 Å². The van der Waals surface area contributed by atoms with Crippen LogP contribution in [0.15, 0.2) is 29.2 Å². The van der Waals surface area contributed by atoms with Crippen molar-refractivity contribution in [2.45, 2.75) is 23.8 Å². The Morgan fingerprint density at radius 1 is 1.38 bits per heavy atom. The predicted octanol–water partition coefficient (Wildman–Crippen LogP) is 0.430. The number of aliphatic hydroxyl groups is 1. The van der Waals surface area contributed by atoms with Crippen LogP contribution in [0.4, 0.5) is 0 Å². The first-order chi connectivity index (χ1) is 10.1. The number of nitrogens with one attached hydrogen (secondary N) is 1. The van der Waals surface area contributed by atoms with Gasteiger partial charge in [-0.3, -0.25) is 0 Å². The maximum Gasteiger partial charge on any atom is 0.243 e. The second-order valence-electron chi connectivity index (χ2n) is 5.06. The van der Waals surface area contributed by atoms with Crippen LogP contribution in [-0.4, -0.2) is 57.2 Å². The SMILES string of the molecule is COc1ccc(S(=O)(=O)N(CCO)CC2CCCN2)cc1. The van der Waals surface area contributed by atoms with E-state index < -0.39 is 10.0 Å². The van der Waals surface area contributed by atoms with E-state index >= 15 is 0 Å². The lowest BCUT2D eigenvalue weighted by molar-refractivity contribution is 0.246. The molecule has 1 unspecified atom stereocenters. The molecule has 21 heavy (non-hydrogen) atoms. The second kappa shape index (κ2) is 7.22. The van der Waals surface area contributed by atoms with Gasteiger partial charge in [0.1, 0.15) is 5.75 Å². The van der Waals surface area contributed by atoms with E-state index in [1.54, 1.807) is 12.1 Å². The van der Waals surface area contributed by atoms with Crippen LogP contribution in [0.3, 0.4) is 0 Å². The van der Waals surface area contributed by atoms with Crippen molar-refractivity contribution >= 4 is 10.0 Å². The molecule has 1 atom stereocenters. The average Bonchev–Trinajstić information content (AvgIpc) is 3.00. The van der Waals surface area contributed by atoms with Crippen molar-refractivity contribution in [1.82, 2.24) is 9.62 Å². The Labute approximate surface area is 125 Å². The molecule has 118 valence electrons. The quantitative estimate of drug-likeness (QED) is 0.763. The van der Waals surface area contributed by atoms with Gasteiger partial charge in [0.15, 0.2) is 0 Å². The Balaban J connectivity index is 2.18. The van der Waals surface area contributed by atoms with Crippen LogP contribution in [0.5, 0.6) is 5.75 Å². The first-order valence-corrected chi connectivity index (χ1v) is 8.50. The third kappa shape index (κ3) is 3.94. The number of aliphatic hydroxyl groups excluding tert-OH is 1. The fourth-order valence-electron chi connectivity index (χ4n) is 2.48. The van der Waals surface area contributed by atoms with E-state index in [-0.39, 0.29) is 24.1 Å². The monoisotopic (exact) mass is 314 g/mol. The molecule has 0 radical (unpaired) electrons. The fraction of sp³-hybridized carbons (Fsp3) is 0.571. The Morgan fingerprint density at radius 2 is 2.10 bits per heavy atom. The van der Waals surface area contributed by atoms with Gasteiger partial charge >= 0.3 is 0 Å². The van der Waals surface area contributed by atoms with Crippen LogP contribution in [0.1, 0.15) is 12.8 Å². The van der Waals surface area contributed by atoms with Crippen LogP contribution in [0.2, 0.25) is 0 Å². The zero-order valence-electron chi connectivity index (χ0n) is 12.2. The van der Waals surface area contributed by atoms with Crippen molar-refractivity contribution < 1.29 is 18.3 Å². The summed E-state index contributed by atoms with van der Waals surface area (Å²) in [5.41, 5.74) is 0. The van der Waals surface area contributed by atoms with Crippen LogP contribution in [0.25, 0.3) is 0 Å². The molecule has 1 aliphatic rings. The smallest absolute Gasteiger partial charge is 0.243 e. The summed E-state index contributed by atoms with van der Waals surface area (Å²) in [6, 6.07) is 6.46. The molecule has 1 saturated heterocycles. The highest BCUT2D eigenvalue weighted by molar-refractivity contribution is 7.89. The molecule has 7 heteroatoms. The van der Waals surface area contributed by atoms with Crippen LogP contribution >= 0.6 is 0 Å². The third-order valence-corrected chi connectivity index (χ3v) is 5.51. The van der Waals surface area contributed by atoms with Gasteiger partial charge in [-0.15, -0.1) is 0 Å². The molecule has 0 aromatic heterocycles. The summed E-state index contributed by atoms with van der Waals surface area (Å²) in [7, 11) is -2.06. The Bertz CT molecular complexity index is 539. The minimum Gasteiger partial charge on any atom is -0.497 e. The number of ether oxygens (including phenoxy) is 1. The molecular weight excluding hydrogens is 292 g/mol.